The summed E-state index contributed by atoms with van der Waals surface area (Å²) in [5.74, 6) is -7.01. The van der Waals surface area contributed by atoms with E-state index in [1.54, 1.807) is 7.05 Å². The molecule has 8 heteroatoms. The molecule has 0 heterocycles. The molecule has 0 aromatic carbocycles. The van der Waals surface area contributed by atoms with Crippen LogP contribution in [-0.4, -0.2) is 58.5 Å². The van der Waals surface area contributed by atoms with Crippen molar-refractivity contribution in [2.45, 2.75) is 31.5 Å². The molecule has 1 aliphatic carbocycles. The molecule has 21 heavy (non-hydrogen) atoms. The number of nitrogens with one attached hydrogen (secondary N) is 1. The molecule has 0 saturated heterocycles. The fourth-order valence-corrected chi connectivity index (χ4v) is 1.87. The number of carbonyl (C=O) groups excluding carboxylic acids is 2. The molecule has 8 nitrogen and oxygen atoms in total. The van der Waals surface area contributed by atoms with Gasteiger partial charge in [-0.1, -0.05) is 6.08 Å². The highest BCUT2D eigenvalue weighted by Crippen LogP contribution is 2.34. The Kier molecular flexibility index (Phi) is 5.24. The number of aliphatic hydroxyl groups is 3. The zero-order valence-corrected chi connectivity index (χ0v) is 12.0. The molecule has 0 fully saturated rings. The van der Waals surface area contributed by atoms with Crippen LogP contribution in [0.4, 0.5) is 0 Å². The molecule has 3 atom stereocenters. The van der Waals surface area contributed by atoms with Gasteiger partial charge in [-0.2, -0.15) is 0 Å². The van der Waals surface area contributed by atoms with Gasteiger partial charge in [0.05, 0.1) is 6.10 Å². The molecule has 0 saturated carbocycles. The summed E-state index contributed by atoms with van der Waals surface area (Å²) in [5, 5.41) is 33.2. The van der Waals surface area contributed by atoms with Gasteiger partial charge < -0.3 is 30.1 Å². The van der Waals surface area contributed by atoms with Gasteiger partial charge in [0, 0.05) is 26.5 Å². The highest BCUT2D eigenvalue weighted by molar-refractivity contribution is 5.69. The van der Waals surface area contributed by atoms with Gasteiger partial charge in [-0.3, -0.25) is 9.59 Å². The summed E-state index contributed by atoms with van der Waals surface area (Å²) < 4.78 is 9.33. The van der Waals surface area contributed by atoms with Crippen molar-refractivity contribution in [2.75, 3.05) is 13.6 Å². The Morgan fingerprint density at radius 1 is 1.24 bits per heavy atom. The van der Waals surface area contributed by atoms with E-state index in [2.05, 4.69) is 14.8 Å². The van der Waals surface area contributed by atoms with Crippen LogP contribution in [0.1, 0.15) is 13.8 Å². The Morgan fingerprint density at radius 3 is 2.24 bits per heavy atom. The smallest absolute Gasteiger partial charge is 0.305 e. The van der Waals surface area contributed by atoms with Crippen LogP contribution in [0, 0.1) is 0 Å². The van der Waals surface area contributed by atoms with Crippen molar-refractivity contribution in [3.63, 3.8) is 0 Å². The summed E-state index contributed by atoms with van der Waals surface area (Å²) in [6.07, 6.45) is 2.11. The van der Waals surface area contributed by atoms with Crippen LogP contribution in [-0.2, 0) is 19.1 Å². The van der Waals surface area contributed by atoms with Gasteiger partial charge in [0.15, 0.2) is 0 Å². The van der Waals surface area contributed by atoms with Crippen molar-refractivity contribution in [2.24, 2.45) is 0 Å². The molecule has 0 spiro atoms. The third-order valence-electron chi connectivity index (χ3n) is 2.76. The van der Waals surface area contributed by atoms with E-state index in [-0.39, 0.29) is 12.1 Å². The molecule has 0 radical (unpaired) electrons. The first-order chi connectivity index (χ1) is 9.63. The lowest BCUT2D eigenvalue weighted by Gasteiger charge is -2.39. The number of aliphatic hydroxyl groups excluding tert-OH is 1. The predicted molar refractivity (Wildman–Crippen MR) is 70.6 cm³/mol. The predicted octanol–water partition coefficient (Wildman–Crippen LogP) is -1.43. The molecule has 4 N–H and O–H groups in total. The highest BCUT2D eigenvalue weighted by Gasteiger charge is 2.55. The SMILES string of the molecule is CNCC(O)C1=CC(O)(OC(C)=O)C(O)(OC(C)=O)C=C1. The van der Waals surface area contributed by atoms with Crippen LogP contribution in [0.25, 0.3) is 0 Å². The Bertz CT molecular complexity index is 487. The number of hydrogen-bond donors (Lipinski definition) is 4. The average Bonchev–Trinajstić information content (AvgIpc) is 2.31. The Balaban J connectivity index is 3.19. The van der Waals surface area contributed by atoms with Crippen molar-refractivity contribution < 1.29 is 34.4 Å². The van der Waals surface area contributed by atoms with Crippen molar-refractivity contribution in [3.8, 4) is 0 Å². The van der Waals surface area contributed by atoms with E-state index in [1.165, 1.54) is 6.08 Å². The van der Waals surface area contributed by atoms with Gasteiger partial charge >= 0.3 is 23.5 Å². The fraction of sp³-hybridized carbons (Fsp3) is 0.538. The zero-order valence-electron chi connectivity index (χ0n) is 12.0. The van der Waals surface area contributed by atoms with E-state index in [0.717, 1.165) is 26.0 Å². The maximum Gasteiger partial charge on any atom is 0.305 e. The Labute approximate surface area is 121 Å². The Hall–Kier alpha value is -1.74. The molecule has 0 aliphatic heterocycles. The first-order valence-electron chi connectivity index (χ1n) is 6.22. The molecule has 0 aromatic rings. The molecule has 1 rings (SSSR count). The topological polar surface area (TPSA) is 125 Å². The number of ether oxygens (including phenoxy) is 2. The molecule has 0 bridgehead atoms. The number of rotatable bonds is 5. The minimum atomic E-state index is -2.64. The number of esters is 2. The van der Waals surface area contributed by atoms with Gasteiger partial charge in [-0.25, -0.2) is 0 Å². The molecule has 1 aliphatic rings. The number of likely N-dealkylation sites (N-methyl/N-ethyl adjacent to an activating group) is 1. The van der Waals surface area contributed by atoms with Crippen LogP contribution in [0.3, 0.4) is 0 Å². The van der Waals surface area contributed by atoms with Crippen molar-refractivity contribution in [3.05, 3.63) is 23.8 Å². The van der Waals surface area contributed by atoms with Gasteiger partial charge in [0.1, 0.15) is 0 Å². The lowest BCUT2D eigenvalue weighted by atomic mass is 9.92. The molecular formula is C13H19NO7. The molecule has 3 unspecified atom stereocenters. The largest absolute Gasteiger partial charge is 0.422 e. The quantitative estimate of drug-likeness (QED) is 0.360. The summed E-state index contributed by atoms with van der Waals surface area (Å²) in [4.78, 5) is 22.2. The van der Waals surface area contributed by atoms with Crippen LogP contribution >= 0.6 is 0 Å². The summed E-state index contributed by atoms with van der Waals surface area (Å²) >= 11 is 0. The second-order valence-electron chi connectivity index (χ2n) is 4.63. The lowest BCUT2D eigenvalue weighted by Crippen LogP contribution is -2.58. The second kappa shape index (κ2) is 6.35. The van der Waals surface area contributed by atoms with Gasteiger partial charge in [0.25, 0.3) is 0 Å². The van der Waals surface area contributed by atoms with E-state index in [4.69, 9.17) is 0 Å². The Morgan fingerprint density at radius 2 is 1.76 bits per heavy atom. The summed E-state index contributed by atoms with van der Waals surface area (Å²) in [6.45, 7) is 2.20. The maximum absolute atomic E-state index is 11.1. The van der Waals surface area contributed by atoms with E-state index in [0.29, 0.717) is 0 Å². The summed E-state index contributed by atoms with van der Waals surface area (Å²) in [6, 6.07) is 0. The van der Waals surface area contributed by atoms with E-state index in [9.17, 15) is 24.9 Å². The lowest BCUT2D eigenvalue weighted by molar-refractivity contribution is -0.318. The molecule has 0 amide bonds. The van der Waals surface area contributed by atoms with Crippen molar-refractivity contribution in [1.82, 2.24) is 5.32 Å². The van der Waals surface area contributed by atoms with Gasteiger partial charge in [-0.05, 0) is 18.7 Å². The van der Waals surface area contributed by atoms with Crippen LogP contribution in [0.15, 0.2) is 23.8 Å². The van der Waals surface area contributed by atoms with E-state index < -0.39 is 29.6 Å². The maximum atomic E-state index is 11.1. The summed E-state index contributed by atoms with van der Waals surface area (Å²) in [5.41, 5.74) is 0.185. The fourth-order valence-electron chi connectivity index (χ4n) is 1.87. The van der Waals surface area contributed by atoms with Crippen molar-refractivity contribution >= 4 is 11.9 Å². The number of carbonyl (C=O) groups is 2. The van der Waals surface area contributed by atoms with E-state index in [1.807, 2.05) is 0 Å². The average molecular weight is 301 g/mol. The van der Waals surface area contributed by atoms with Gasteiger partial charge in [-0.15, -0.1) is 0 Å². The van der Waals surface area contributed by atoms with Crippen LogP contribution in [0.5, 0.6) is 0 Å². The second-order valence-corrected chi connectivity index (χ2v) is 4.63. The first-order valence-corrected chi connectivity index (χ1v) is 6.22. The van der Waals surface area contributed by atoms with Crippen LogP contribution in [0.2, 0.25) is 0 Å². The normalized spacial score (nSPS) is 29.5. The summed E-state index contributed by atoms with van der Waals surface area (Å²) in [7, 11) is 1.61. The molecular weight excluding hydrogens is 282 g/mol. The minimum absolute atomic E-state index is 0.165. The minimum Gasteiger partial charge on any atom is -0.422 e. The van der Waals surface area contributed by atoms with Gasteiger partial charge in [0.2, 0.25) is 0 Å². The monoisotopic (exact) mass is 301 g/mol. The van der Waals surface area contributed by atoms with E-state index >= 15 is 0 Å². The zero-order chi connectivity index (χ0) is 16.3. The third kappa shape index (κ3) is 3.88. The number of hydrogen-bond acceptors (Lipinski definition) is 8. The standard InChI is InChI=1S/C13H19NO7/c1-8(15)20-12(18)5-4-10(11(17)7-14-3)6-13(12,19)21-9(2)16/h4-6,11,14,17-19H,7H2,1-3H3. The third-order valence-corrected chi connectivity index (χ3v) is 2.76. The molecule has 118 valence electrons. The highest BCUT2D eigenvalue weighted by atomic mass is 16.7. The molecule has 0 aromatic heterocycles. The van der Waals surface area contributed by atoms with Crippen LogP contribution < -0.4 is 5.32 Å². The van der Waals surface area contributed by atoms with Crippen molar-refractivity contribution in [1.29, 1.82) is 0 Å². The first kappa shape index (κ1) is 17.3.